The number of pyridine rings is 1. The van der Waals surface area contributed by atoms with E-state index < -0.39 is 0 Å². The van der Waals surface area contributed by atoms with Crippen LogP contribution in [0, 0.1) is 5.92 Å². The summed E-state index contributed by atoms with van der Waals surface area (Å²) in [6.07, 6.45) is 3.17. The summed E-state index contributed by atoms with van der Waals surface area (Å²) in [5.41, 5.74) is 6.94. The number of hydrogen-bond donors (Lipinski definition) is 1. The van der Waals surface area contributed by atoms with E-state index in [9.17, 15) is 0 Å². The Morgan fingerprint density at radius 1 is 1.53 bits per heavy atom. The van der Waals surface area contributed by atoms with E-state index >= 15 is 0 Å². The minimum Gasteiger partial charge on any atom is -0.330 e. The Bertz CT molecular complexity index is 312. The Morgan fingerprint density at radius 3 is 3.00 bits per heavy atom. The summed E-state index contributed by atoms with van der Waals surface area (Å²) in [4.78, 5) is 6.67. The molecule has 0 bridgehead atoms. The van der Waals surface area contributed by atoms with Crippen molar-refractivity contribution in [1.82, 2.24) is 9.88 Å². The summed E-state index contributed by atoms with van der Waals surface area (Å²) in [5.74, 6) is 0.688. The van der Waals surface area contributed by atoms with Gasteiger partial charge in [0.25, 0.3) is 0 Å². The molecule has 3 nitrogen and oxygen atoms in total. The van der Waals surface area contributed by atoms with Crippen LogP contribution in [-0.2, 0) is 6.54 Å². The monoisotopic (exact) mass is 269 g/mol. The predicted molar refractivity (Wildman–Crippen MR) is 64.4 cm³/mol. The Labute approximate surface area is 98.8 Å². The van der Waals surface area contributed by atoms with Crippen molar-refractivity contribution in [3.05, 3.63) is 28.5 Å². The molecule has 1 saturated heterocycles. The first-order chi connectivity index (χ1) is 7.28. The molecule has 0 saturated carbocycles. The van der Waals surface area contributed by atoms with E-state index in [1.807, 2.05) is 12.3 Å². The van der Waals surface area contributed by atoms with Gasteiger partial charge in [0.15, 0.2) is 0 Å². The molecule has 4 heteroatoms. The maximum absolute atomic E-state index is 5.66. The van der Waals surface area contributed by atoms with Crippen LogP contribution in [-0.4, -0.2) is 29.5 Å². The van der Waals surface area contributed by atoms with Gasteiger partial charge in [-0.3, -0.25) is 4.90 Å². The number of nitrogens with zero attached hydrogens (tertiary/aromatic N) is 2. The van der Waals surface area contributed by atoms with Gasteiger partial charge in [-0.05, 0) is 53.0 Å². The smallest absolute Gasteiger partial charge is 0.106 e. The van der Waals surface area contributed by atoms with Crippen molar-refractivity contribution in [3.63, 3.8) is 0 Å². The van der Waals surface area contributed by atoms with Gasteiger partial charge in [-0.25, -0.2) is 4.98 Å². The zero-order chi connectivity index (χ0) is 10.7. The zero-order valence-corrected chi connectivity index (χ0v) is 10.3. The molecule has 1 fully saturated rings. The molecule has 0 amide bonds. The van der Waals surface area contributed by atoms with E-state index in [4.69, 9.17) is 5.73 Å². The third kappa shape index (κ3) is 3.00. The second-order valence-electron chi connectivity index (χ2n) is 4.11. The Balaban J connectivity index is 1.90. The second-order valence-corrected chi connectivity index (χ2v) is 4.93. The third-order valence-corrected chi connectivity index (χ3v) is 3.37. The third-order valence-electron chi connectivity index (χ3n) is 2.90. The van der Waals surface area contributed by atoms with Crippen molar-refractivity contribution in [2.45, 2.75) is 13.0 Å². The summed E-state index contributed by atoms with van der Waals surface area (Å²) in [5, 5.41) is 0. The molecule has 0 spiro atoms. The Morgan fingerprint density at radius 2 is 2.40 bits per heavy atom. The molecule has 0 unspecified atom stereocenters. The highest BCUT2D eigenvalue weighted by atomic mass is 79.9. The number of rotatable bonds is 3. The van der Waals surface area contributed by atoms with Gasteiger partial charge < -0.3 is 5.73 Å². The largest absolute Gasteiger partial charge is 0.330 e. The van der Waals surface area contributed by atoms with Gasteiger partial charge in [0.2, 0.25) is 0 Å². The fourth-order valence-electron chi connectivity index (χ4n) is 2.01. The Kier molecular flexibility index (Phi) is 3.72. The van der Waals surface area contributed by atoms with Crippen LogP contribution >= 0.6 is 15.9 Å². The van der Waals surface area contributed by atoms with Crippen molar-refractivity contribution in [2.24, 2.45) is 11.7 Å². The molecule has 15 heavy (non-hydrogen) atoms. The van der Waals surface area contributed by atoms with Crippen LogP contribution < -0.4 is 5.73 Å². The highest BCUT2D eigenvalue weighted by Gasteiger charge is 2.20. The number of aromatic nitrogens is 1. The fourth-order valence-corrected chi connectivity index (χ4v) is 2.24. The van der Waals surface area contributed by atoms with Gasteiger partial charge in [-0.1, -0.05) is 6.07 Å². The standard InChI is InChI=1S/C11H16BrN3/c12-11-2-1-10(6-14-11)8-15-4-3-9(5-13)7-15/h1-2,6,9H,3-5,7-8,13H2/t9-/m0/s1. The summed E-state index contributed by atoms with van der Waals surface area (Å²) >= 11 is 3.34. The predicted octanol–water partition coefficient (Wildman–Crippen LogP) is 1.62. The highest BCUT2D eigenvalue weighted by molar-refractivity contribution is 9.10. The fraction of sp³-hybridized carbons (Fsp3) is 0.545. The molecule has 0 aliphatic carbocycles. The van der Waals surface area contributed by atoms with Crippen LogP contribution in [0.15, 0.2) is 22.9 Å². The molecule has 1 aliphatic rings. The molecule has 1 aliphatic heterocycles. The van der Waals surface area contributed by atoms with Crippen LogP contribution in [0.5, 0.6) is 0 Å². The van der Waals surface area contributed by atoms with Crippen LogP contribution in [0.25, 0.3) is 0 Å². The van der Waals surface area contributed by atoms with Crippen molar-refractivity contribution in [1.29, 1.82) is 0 Å². The minimum atomic E-state index is 0.688. The quantitative estimate of drug-likeness (QED) is 0.849. The van der Waals surface area contributed by atoms with Gasteiger partial charge in [-0.2, -0.15) is 0 Å². The van der Waals surface area contributed by atoms with Crippen molar-refractivity contribution < 1.29 is 0 Å². The summed E-state index contributed by atoms with van der Waals surface area (Å²) in [7, 11) is 0. The van der Waals surface area contributed by atoms with Crippen molar-refractivity contribution in [2.75, 3.05) is 19.6 Å². The molecule has 0 radical (unpaired) electrons. The van der Waals surface area contributed by atoms with Crippen LogP contribution in [0.1, 0.15) is 12.0 Å². The number of likely N-dealkylation sites (tertiary alicyclic amines) is 1. The van der Waals surface area contributed by atoms with E-state index in [0.29, 0.717) is 5.92 Å². The lowest BCUT2D eigenvalue weighted by atomic mass is 10.1. The van der Waals surface area contributed by atoms with Crippen LogP contribution in [0.3, 0.4) is 0 Å². The summed E-state index contributed by atoms with van der Waals surface area (Å²) in [6, 6.07) is 4.11. The van der Waals surface area contributed by atoms with Crippen molar-refractivity contribution in [3.8, 4) is 0 Å². The van der Waals surface area contributed by atoms with Gasteiger partial charge in [0.05, 0.1) is 0 Å². The van der Waals surface area contributed by atoms with Gasteiger partial charge >= 0.3 is 0 Å². The maximum atomic E-state index is 5.66. The second kappa shape index (κ2) is 5.05. The zero-order valence-electron chi connectivity index (χ0n) is 8.69. The minimum absolute atomic E-state index is 0.688. The molecule has 1 atom stereocenters. The molecule has 2 N–H and O–H groups in total. The average Bonchev–Trinajstić information content (AvgIpc) is 2.69. The highest BCUT2D eigenvalue weighted by Crippen LogP contribution is 2.17. The molecule has 1 aromatic rings. The van der Waals surface area contributed by atoms with Crippen LogP contribution in [0.4, 0.5) is 0 Å². The van der Waals surface area contributed by atoms with E-state index in [-0.39, 0.29) is 0 Å². The first-order valence-corrected chi connectivity index (χ1v) is 6.10. The molecular weight excluding hydrogens is 254 g/mol. The topological polar surface area (TPSA) is 42.1 Å². The SMILES string of the molecule is NC[C@@H]1CCN(Cc2ccc(Br)nc2)C1. The molecule has 1 aromatic heterocycles. The average molecular weight is 270 g/mol. The molecule has 0 aromatic carbocycles. The normalized spacial score (nSPS) is 22.1. The molecule has 82 valence electrons. The van der Waals surface area contributed by atoms with Crippen molar-refractivity contribution >= 4 is 15.9 Å². The summed E-state index contributed by atoms with van der Waals surface area (Å²) in [6.45, 7) is 4.11. The lowest BCUT2D eigenvalue weighted by molar-refractivity contribution is 0.317. The molecule has 2 heterocycles. The number of hydrogen-bond acceptors (Lipinski definition) is 3. The number of halogens is 1. The van der Waals surface area contributed by atoms with E-state index in [1.165, 1.54) is 12.0 Å². The van der Waals surface area contributed by atoms with Gasteiger partial charge in [0.1, 0.15) is 4.60 Å². The lowest BCUT2D eigenvalue weighted by Gasteiger charge is -2.15. The number of nitrogens with two attached hydrogens (primary N) is 1. The van der Waals surface area contributed by atoms with Gasteiger partial charge in [0, 0.05) is 19.3 Å². The van der Waals surface area contributed by atoms with E-state index in [0.717, 1.165) is 30.8 Å². The van der Waals surface area contributed by atoms with E-state index in [1.54, 1.807) is 0 Å². The maximum Gasteiger partial charge on any atom is 0.106 e. The van der Waals surface area contributed by atoms with Crippen LogP contribution in [0.2, 0.25) is 0 Å². The lowest BCUT2D eigenvalue weighted by Crippen LogP contribution is -2.22. The van der Waals surface area contributed by atoms with Gasteiger partial charge in [-0.15, -0.1) is 0 Å². The first-order valence-electron chi connectivity index (χ1n) is 5.31. The first kappa shape index (κ1) is 11.0. The Hall–Kier alpha value is -0.450. The molecule has 2 rings (SSSR count). The summed E-state index contributed by atoms with van der Waals surface area (Å²) < 4.78 is 0.896. The van der Waals surface area contributed by atoms with E-state index in [2.05, 4.69) is 31.9 Å². The molecular formula is C11H16BrN3.